The molecule has 2 aromatic carbocycles. The van der Waals surface area contributed by atoms with Gasteiger partial charge in [-0.3, -0.25) is 0 Å². The Morgan fingerprint density at radius 2 is 1.79 bits per heavy atom. The second-order valence-corrected chi connectivity index (χ2v) is 6.93. The van der Waals surface area contributed by atoms with Crippen molar-refractivity contribution in [3.05, 3.63) is 72.4 Å². The zero-order chi connectivity index (χ0) is 17.0. The van der Waals surface area contributed by atoms with E-state index in [2.05, 4.69) is 15.8 Å². The quantitative estimate of drug-likeness (QED) is 0.775. The van der Waals surface area contributed by atoms with Crippen LogP contribution in [0, 0.1) is 11.3 Å². The number of fused-ring (bicyclic) bond motifs is 1. The third-order valence-corrected chi connectivity index (χ3v) is 5.09. The van der Waals surface area contributed by atoms with Crippen molar-refractivity contribution in [3.63, 3.8) is 0 Å². The van der Waals surface area contributed by atoms with Gasteiger partial charge in [-0.05, 0) is 28.5 Å². The first-order chi connectivity index (χ1) is 11.6. The minimum atomic E-state index is -3.81. The number of nitrogens with one attached hydrogen (secondary N) is 1. The zero-order valence-electron chi connectivity index (χ0n) is 12.8. The Labute approximate surface area is 140 Å². The Bertz CT molecular complexity index is 990. The molecule has 120 valence electrons. The predicted octanol–water partition coefficient (Wildman–Crippen LogP) is 3.17. The van der Waals surface area contributed by atoms with Gasteiger partial charge in [0.25, 0.3) is 10.0 Å². The number of hydrogen-bond acceptors (Lipinski definition) is 4. The van der Waals surface area contributed by atoms with Gasteiger partial charge in [0.2, 0.25) is 0 Å². The van der Waals surface area contributed by atoms with Gasteiger partial charge in [-0.25, -0.2) is 18.1 Å². The molecule has 1 N–H and O–H groups in total. The molecule has 0 saturated carbocycles. The Hall–Kier alpha value is -2.75. The van der Waals surface area contributed by atoms with Crippen molar-refractivity contribution in [3.8, 4) is 6.07 Å². The molecule has 24 heavy (non-hydrogen) atoms. The Morgan fingerprint density at radius 1 is 1.04 bits per heavy atom. The Balaban J connectivity index is 2.03. The summed E-state index contributed by atoms with van der Waals surface area (Å²) >= 11 is 0. The van der Waals surface area contributed by atoms with E-state index in [1.807, 2.05) is 42.5 Å². The zero-order valence-corrected chi connectivity index (χ0v) is 13.6. The van der Waals surface area contributed by atoms with E-state index >= 15 is 0 Å². The van der Waals surface area contributed by atoms with Crippen molar-refractivity contribution in [1.29, 1.82) is 5.26 Å². The molecule has 0 saturated heterocycles. The molecule has 0 aliphatic heterocycles. The molecule has 6 heteroatoms. The highest BCUT2D eigenvalue weighted by molar-refractivity contribution is 7.89. The standard InChI is InChI=1S/C18H15N3O2S/c19-12-11-17(21-24(22,23)18-10-3-4-13-20-18)16-9-5-7-14-6-1-2-8-15(14)16/h1-10,13,17,21H,11H2. The van der Waals surface area contributed by atoms with Crippen molar-refractivity contribution in [2.75, 3.05) is 0 Å². The number of nitriles is 1. The molecular formula is C18H15N3O2S. The number of nitrogens with zero attached hydrogens (tertiary/aromatic N) is 2. The first-order valence-corrected chi connectivity index (χ1v) is 8.88. The summed E-state index contributed by atoms with van der Waals surface area (Å²) in [5.74, 6) is 0. The van der Waals surface area contributed by atoms with Gasteiger partial charge in [-0.15, -0.1) is 0 Å². The Kier molecular flexibility index (Phi) is 4.56. The highest BCUT2D eigenvalue weighted by Crippen LogP contribution is 2.27. The fourth-order valence-corrected chi connectivity index (χ4v) is 3.78. The second kappa shape index (κ2) is 6.79. The van der Waals surface area contributed by atoms with Crippen LogP contribution in [0.4, 0.5) is 0 Å². The molecule has 3 rings (SSSR count). The average molecular weight is 337 g/mol. The van der Waals surface area contributed by atoms with Gasteiger partial charge < -0.3 is 0 Å². The molecule has 1 aromatic heterocycles. The third kappa shape index (κ3) is 3.27. The van der Waals surface area contributed by atoms with E-state index in [9.17, 15) is 8.42 Å². The third-order valence-electron chi connectivity index (χ3n) is 3.70. The molecule has 0 radical (unpaired) electrons. The van der Waals surface area contributed by atoms with E-state index < -0.39 is 16.1 Å². The predicted molar refractivity (Wildman–Crippen MR) is 91.5 cm³/mol. The van der Waals surface area contributed by atoms with Gasteiger partial charge in [0, 0.05) is 6.20 Å². The van der Waals surface area contributed by atoms with E-state index in [-0.39, 0.29) is 11.4 Å². The van der Waals surface area contributed by atoms with Crippen LogP contribution in [0.3, 0.4) is 0 Å². The number of aromatic nitrogens is 1. The molecule has 0 bridgehead atoms. The van der Waals surface area contributed by atoms with Crippen LogP contribution in [0.15, 0.2) is 71.9 Å². The smallest absolute Gasteiger partial charge is 0.243 e. The summed E-state index contributed by atoms with van der Waals surface area (Å²) in [6.07, 6.45) is 1.45. The molecule has 1 atom stereocenters. The Morgan fingerprint density at radius 3 is 2.54 bits per heavy atom. The summed E-state index contributed by atoms with van der Waals surface area (Å²) < 4.78 is 27.7. The SMILES string of the molecule is N#CCC(NS(=O)(=O)c1ccccn1)c1cccc2ccccc12. The number of pyridine rings is 1. The molecule has 3 aromatic rings. The minimum absolute atomic E-state index is 0.0278. The largest absolute Gasteiger partial charge is 0.258 e. The molecule has 5 nitrogen and oxygen atoms in total. The molecule has 0 aliphatic carbocycles. The van der Waals surface area contributed by atoms with Crippen LogP contribution in [0.2, 0.25) is 0 Å². The van der Waals surface area contributed by atoms with Gasteiger partial charge in [-0.1, -0.05) is 48.5 Å². The van der Waals surface area contributed by atoms with Gasteiger partial charge in [-0.2, -0.15) is 5.26 Å². The van der Waals surface area contributed by atoms with Gasteiger partial charge in [0.05, 0.1) is 18.5 Å². The topological polar surface area (TPSA) is 82.9 Å². The highest BCUT2D eigenvalue weighted by Gasteiger charge is 2.23. The summed E-state index contributed by atoms with van der Waals surface area (Å²) in [6.45, 7) is 0. The summed E-state index contributed by atoms with van der Waals surface area (Å²) in [6, 6.07) is 19.4. The summed E-state index contributed by atoms with van der Waals surface area (Å²) in [4.78, 5) is 3.89. The number of benzene rings is 2. The van der Waals surface area contributed by atoms with Crippen molar-refractivity contribution < 1.29 is 8.42 Å². The monoisotopic (exact) mass is 337 g/mol. The summed E-state index contributed by atoms with van der Waals surface area (Å²) in [5, 5.41) is 11.0. The lowest BCUT2D eigenvalue weighted by atomic mass is 9.98. The van der Waals surface area contributed by atoms with Crippen LogP contribution in [-0.2, 0) is 10.0 Å². The van der Waals surface area contributed by atoms with E-state index in [1.165, 1.54) is 12.3 Å². The summed E-state index contributed by atoms with van der Waals surface area (Å²) in [7, 11) is -3.81. The first-order valence-electron chi connectivity index (χ1n) is 7.40. The first kappa shape index (κ1) is 16.1. The van der Waals surface area contributed by atoms with Crippen molar-refractivity contribution in [2.24, 2.45) is 0 Å². The molecule has 0 aliphatic rings. The van der Waals surface area contributed by atoms with Crippen LogP contribution in [0.5, 0.6) is 0 Å². The van der Waals surface area contributed by atoms with Gasteiger partial charge in [0.15, 0.2) is 5.03 Å². The van der Waals surface area contributed by atoms with Crippen LogP contribution < -0.4 is 4.72 Å². The molecule has 1 unspecified atom stereocenters. The number of rotatable bonds is 5. The minimum Gasteiger partial charge on any atom is -0.243 e. The van der Waals surface area contributed by atoms with Crippen molar-refractivity contribution in [1.82, 2.24) is 9.71 Å². The molecule has 0 spiro atoms. The van der Waals surface area contributed by atoms with E-state index in [0.717, 1.165) is 16.3 Å². The second-order valence-electron chi connectivity index (χ2n) is 5.27. The van der Waals surface area contributed by atoms with Crippen LogP contribution >= 0.6 is 0 Å². The maximum absolute atomic E-state index is 12.5. The number of sulfonamides is 1. The number of hydrogen-bond donors (Lipinski definition) is 1. The van der Waals surface area contributed by atoms with Crippen LogP contribution in [-0.4, -0.2) is 13.4 Å². The molecule has 0 amide bonds. The molecular weight excluding hydrogens is 322 g/mol. The lowest BCUT2D eigenvalue weighted by molar-refractivity contribution is 0.556. The maximum atomic E-state index is 12.5. The van der Waals surface area contributed by atoms with E-state index in [1.54, 1.807) is 12.1 Å². The fourth-order valence-electron chi connectivity index (χ4n) is 2.61. The normalized spacial score (nSPS) is 12.6. The van der Waals surface area contributed by atoms with Crippen molar-refractivity contribution in [2.45, 2.75) is 17.5 Å². The average Bonchev–Trinajstić information content (AvgIpc) is 2.61. The maximum Gasteiger partial charge on any atom is 0.258 e. The van der Waals surface area contributed by atoms with E-state index in [4.69, 9.17) is 5.26 Å². The highest BCUT2D eigenvalue weighted by atomic mass is 32.2. The molecule has 1 heterocycles. The van der Waals surface area contributed by atoms with Crippen LogP contribution in [0.25, 0.3) is 10.8 Å². The fraction of sp³-hybridized carbons (Fsp3) is 0.111. The van der Waals surface area contributed by atoms with Gasteiger partial charge >= 0.3 is 0 Å². The lowest BCUT2D eigenvalue weighted by Gasteiger charge is -2.18. The van der Waals surface area contributed by atoms with Crippen LogP contribution in [0.1, 0.15) is 18.0 Å². The summed E-state index contributed by atoms with van der Waals surface area (Å²) in [5.41, 5.74) is 0.772. The lowest BCUT2D eigenvalue weighted by Crippen LogP contribution is -2.29. The van der Waals surface area contributed by atoms with Gasteiger partial charge in [0.1, 0.15) is 0 Å². The molecule has 0 fully saturated rings. The van der Waals surface area contributed by atoms with E-state index in [0.29, 0.717) is 0 Å². The van der Waals surface area contributed by atoms with Crippen molar-refractivity contribution >= 4 is 20.8 Å².